The van der Waals surface area contributed by atoms with Gasteiger partial charge < -0.3 is 4.90 Å². The van der Waals surface area contributed by atoms with Crippen LogP contribution in [-0.2, 0) is 0 Å². The zero-order valence-electron chi connectivity index (χ0n) is 12.6. The lowest BCUT2D eigenvalue weighted by molar-refractivity contribution is 0.120. The summed E-state index contributed by atoms with van der Waals surface area (Å²) in [7, 11) is 0. The van der Waals surface area contributed by atoms with Crippen LogP contribution in [0.2, 0.25) is 5.02 Å². The van der Waals surface area contributed by atoms with Gasteiger partial charge in [0.1, 0.15) is 0 Å². The van der Waals surface area contributed by atoms with Crippen molar-refractivity contribution in [1.82, 2.24) is 4.90 Å². The van der Waals surface area contributed by atoms with Gasteiger partial charge in [-0.05, 0) is 36.5 Å². The molecule has 1 aromatic rings. The summed E-state index contributed by atoms with van der Waals surface area (Å²) in [6.07, 6.45) is 4.24. The predicted molar refractivity (Wildman–Crippen MR) is 87.0 cm³/mol. The Labute approximate surface area is 127 Å². The molecule has 1 aliphatic heterocycles. The van der Waals surface area contributed by atoms with Crippen molar-refractivity contribution in [3.63, 3.8) is 0 Å². The van der Waals surface area contributed by atoms with E-state index in [0.29, 0.717) is 5.92 Å². The smallest absolute Gasteiger partial charge is 0.0642 e. The summed E-state index contributed by atoms with van der Waals surface area (Å²) in [4.78, 5) is 5.11. The fourth-order valence-corrected chi connectivity index (χ4v) is 3.53. The third-order valence-electron chi connectivity index (χ3n) is 4.88. The highest BCUT2D eigenvalue weighted by molar-refractivity contribution is 6.33. The summed E-state index contributed by atoms with van der Waals surface area (Å²) in [6.45, 7) is 9.01. The predicted octanol–water partition coefficient (Wildman–Crippen LogP) is 4.14. The number of nitrogens with zero attached hydrogens (tertiary/aromatic N) is 2. The molecule has 1 saturated carbocycles. The lowest BCUT2D eigenvalue weighted by atomic mass is 9.91. The highest BCUT2D eigenvalue weighted by Gasteiger charge is 2.28. The minimum Gasteiger partial charge on any atom is -0.368 e. The highest BCUT2D eigenvalue weighted by atomic mass is 35.5. The first-order valence-corrected chi connectivity index (χ1v) is 8.31. The van der Waals surface area contributed by atoms with Crippen molar-refractivity contribution in [3.05, 3.63) is 28.8 Å². The van der Waals surface area contributed by atoms with Gasteiger partial charge in [0.05, 0.1) is 10.7 Å². The first-order valence-electron chi connectivity index (χ1n) is 7.93. The van der Waals surface area contributed by atoms with Crippen LogP contribution in [0, 0.1) is 0 Å². The maximum Gasteiger partial charge on any atom is 0.0642 e. The Hall–Kier alpha value is -0.730. The Kier molecular flexibility index (Phi) is 4.23. The summed E-state index contributed by atoms with van der Waals surface area (Å²) >= 11 is 6.49. The third-order valence-corrected chi connectivity index (χ3v) is 5.19. The second-order valence-electron chi connectivity index (χ2n) is 6.47. The van der Waals surface area contributed by atoms with Crippen LogP contribution in [0.4, 0.5) is 5.69 Å². The summed E-state index contributed by atoms with van der Waals surface area (Å²) in [5, 5.41) is 0.910. The van der Waals surface area contributed by atoms with Gasteiger partial charge in [0.2, 0.25) is 0 Å². The van der Waals surface area contributed by atoms with Gasteiger partial charge in [0, 0.05) is 32.2 Å². The molecule has 110 valence electrons. The van der Waals surface area contributed by atoms with E-state index in [4.69, 9.17) is 11.6 Å². The molecule has 1 saturated heterocycles. The molecular weight excluding hydrogens is 268 g/mol. The van der Waals surface area contributed by atoms with E-state index in [1.54, 1.807) is 0 Å². The number of piperazine rings is 1. The normalized spacial score (nSPS) is 21.3. The van der Waals surface area contributed by atoms with Crippen molar-refractivity contribution in [3.8, 4) is 0 Å². The molecule has 2 nitrogen and oxygen atoms in total. The minimum absolute atomic E-state index is 0.539. The van der Waals surface area contributed by atoms with Gasteiger partial charge >= 0.3 is 0 Å². The van der Waals surface area contributed by atoms with Crippen molar-refractivity contribution in [2.24, 2.45) is 0 Å². The largest absolute Gasteiger partial charge is 0.368 e. The molecule has 2 aliphatic rings. The molecule has 0 N–H and O–H groups in total. The molecule has 1 aromatic carbocycles. The molecule has 20 heavy (non-hydrogen) atoms. The standard InChI is InChI=1S/C17H25ClN2/c1-13(2)14-6-7-17(16(18)12-14)20-10-8-19(9-11-20)15-4-3-5-15/h6-7,12-13,15H,3-5,8-11H2,1-2H3. The lowest BCUT2D eigenvalue weighted by Gasteiger charge is -2.43. The molecule has 0 bridgehead atoms. The molecule has 2 fully saturated rings. The molecule has 3 heteroatoms. The van der Waals surface area contributed by atoms with Gasteiger partial charge in [0.15, 0.2) is 0 Å². The topological polar surface area (TPSA) is 6.48 Å². The van der Waals surface area contributed by atoms with E-state index in [2.05, 4.69) is 41.8 Å². The van der Waals surface area contributed by atoms with E-state index < -0.39 is 0 Å². The van der Waals surface area contributed by atoms with Crippen molar-refractivity contribution in [2.75, 3.05) is 31.1 Å². The fraction of sp³-hybridized carbons (Fsp3) is 0.647. The van der Waals surface area contributed by atoms with Gasteiger partial charge in [-0.25, -0.2) is 0 Å². The number of anilines is 1. The monoisotopic (exact) mass is 292 g/mol. The molecule has 0 amide bonds. The molecule has 0 aromatic heterocycles. The van der Waals surface area contributed by atoms with E-state index in [9.17, 15) is 0 Å². The fourth-order valence-electron chi connectivity index (χ4n) is 3.22. The van der Waals surface area contributed by atoms with Crippen LogP contribution in [0.5, 0.6) is 0 Å². The molecule has 3 rings (SSSR count). The number of rotatable bonds is 3. The summed E-state index contributed by atoms with van der Waals surface area (Å²) in [5.41, 5.74) is 2.54. The quantitative estimate of drug-likeness (QED) is 0.826. The number of benzene rings is 1. The SMILES string of the molecule is CC(C)c1ccc(N2CCN(C3CCC3)CC2)c(Cl)c1. The van der Waals surface area contributed by atoms with Gasteiger partial charge in [-0.1, -0.05) is 37.9 Å². The second kappa shape index (κ2) is 5.95. The Morgan fingerprint density at radius 3 is 2.30 bits per heavy atom. The number of hydrogen-bond acceptors (Lipinski definition) is 2. The lowest BCUT2D eigenvalue weighted by Crippen LogP contribution is -2.52. The average molecular weight is 293 g/mol. The van der Waals surface area contributed by atoms with Crippen molar-refractivity contribution < 1.29 is 0 Å². The van der Waals surface area contributed by atoms with Crippen LogP contribution >= 0.6 is 11.6 Å². The Morgan fingerprint density at radius 1 is 1.10 bits per heavy atom. The van der Waals surface area contributed by atoms with Crippen LogP contribution < -0.4 is 4.90 Å². The van der Waals surface area contributed by atoms with Crippen LogP contribution in [0.3, 0.4) is 0 Å². The molecule has 1 aliphatic carbocycles. The van der Waals surface area contributed by atoms with E-state index in [1.807, 2.05) is 0 Å². The van der Waals surface area contributed by atoms with Crippen LogP contribution in [-0.4, -0.2) is 37.1 Å². The highest BCUT2D eigenvalue weighted by Crippen LogP contribution is 2.31. The molecule has 1 heterocycles. The minimum atomic E-state index is 0.539. The van der Waals surface area contributed by atoms with E-state index in [1.165, 1.54) is 43.6 Å². The summed E-state index contributed by atoms with van der Waals surface area (Å²) in [6, 6.07) is 7.44. The second-order valence-corrected chi connectivity index (χ2v) is 6.88. The molecule has 0 spiro atoms. The first-order chi connectivity index (χ1) is 9.65. The third kappa shape index (κ3) is 2.82. The van der Waals surface area contributed by atoms with Gasteiger partial charge in [-0.3, -0.25) is 4.90 Å². The number of hydrogen-bond donors (Lipinski definition) is 0. The summed E-state index contributed by atoms with van der Waals surface area (Å²) in [5.74, 6) is 0.539. The van der Waals surface area contributed by atoms with Gasteiger partial charge in [0.25, 0.3) is 0 Å². The summed E-state index contributed by atoms with van der Waals surface area (Å²) < 4.78 is 0. The van der Waals surface area contributed by atoms with E-state index >= 15 is 0 Å². The van der Waals surface area contributed by atoms with Crippen molar-refractivity contribution >= 4 is 17.3 Å². The Morgan fingerprint density at radius 2 is 1.80 bits per heavy atom. The zero-order valence-corrected chi connectivity index (χ0v) is 13.4. The Bertz CT molecular complexity index is 460. The van der Waals surface area contributed by atoms with E-state index in [-0.39, 0.29) is 0 Å². The first kappa shape index (κ1) is 14.2. The maximum atomic E-state index is 6.49. The number of halogens is 1. The Balaban J connectivity index is 1.65. The molecular formula is C17H25ClN2. The van der Waals surface area contributed by atoms with E-state index in [0.717, 1.165) is 24.2 Å². The molecule has 0 atom stereocenters. The van der Waals surface area contributed by atoms with Gasteiger partial charge in [-0.15, -0.1) is 0 Å². The van der Waals surface area contributed by atoms with Crippen LogP contribution in [0.25, 0.3) is 0 Å². The zero-order chi connectivity index (χ0) is 14.1. The molecule has 0 radical (unpaired) electrons. The van der Waals surface area contributed by atoms with Gasteiger partial charge in [-0.2, -0.15) is 0 Å². The van der Waals surface area contributed by atoms with Crippen LogP contribution in [0.15, 0.2) is 18.2 Å². The molecule has 0 unspecified atom stereocenters. The average Bonchev–Trinajstić information content (AvgIpc) is 2.37. The van der Waals surface area contributed by atoms with Crippen molar-refractivity contribution in [1.29, 1.82) is 0 Å². The van der Waals surface area contributed by atoms with Crippen LogP contribution in [0.1, 0.15) is 44.6 Å². The van der Waals surface area contributed by atoms with Crippen molar-refractivity contribution in [2.45, 2.75) is 45.1 Å². The maximum absolute atomic E-state index is 6.49.